The number of aromatic nitrogens is 1. The fourth-order valence-electron chi connectivity index (χ4n) is 4.24. The second kappa shape index (κ2) is 8.06. The maximum absolute atomic E-state index is 13.5. The van der Waals surface area contributed by atoms with Crippen LogP contribution in [-0.4, -0.2) is 45.1 Å². The Balaban J connectivity index is 1.62. The average Bonchev–Trinajstić information content (AvgIpc) is 2.90. The minimum absolute atomic E-state index is 0.0697. The van der Waals surface area contributed by atoms with Crippen molar-refractivity contribution in [2.75, 3.05) is 6.54 Å². The number of fused-ring (bicyclic) bond motifs is 1. The number of hydrogen-bond acceptors (Lipinski definition) is 4. The molecule has 1 fully saturated rings. The van der Waals surface area contributed by atoms with E-state index in [1.807, 2.05) is 17.0 Å². The van der Waals surface area contributed by atoms with Crippen LogP contribution < -0.4 is 0 Å². The van der Waals surface area contributed by atoms with E-state index in [0.717, 1.165) is 40.6 Å². The lowest BCUT2D eigenvalue weighted by Crippen LogP contribution is -2.50. The van der Waals surface area contributed by atoms with Crippen LogP contribution in [0.5, 0.6) is 0 Å². The first-order valence-corrected chi connectivity index (χ1v) is 10.7. The molecule has 4 rings (SSSR count). The maximum Gasteiger partial charge on any atom is 0.262 e. The molecule has 150 valence electrons. The molecule has 2 aromatic rings. The molecule has 1 saturated heterocycles. The van der Waals surface area contributed by atoms with Gasteiger partial charge in [0, 0.05) is 23.4 Å². The van der Waals surface area contributed by atoms with Gasteiger partial charge in [-0.05, 0) is 55.7 Å². The van der Waals surface area contributed by atoms with Gasteiger partial charge in [0.1, 0.15) is 6.04 Å². The highest BCUT2D eigenvalue weighted by molar-refractivity contribution is 9.10. The van der Waals surface area contributed by atoms with Gasteiger partial charge in [0.15, 0.2) is 0 Å². The van der Waals surface area contributed by atoms with Crippen molar-refractivity contribution < 1.29 is 14.4 Å². The van der Waals surface area contributed by atoms with Crippen LogP contribution in [0.25, 0.3) is 0 Å². The Kier molecular flexibility index (Phi) is 5.50. The van der Waals surface area contributed by atoms with Gasteiger partial charge < -0.3 is 4.90 Å². The highest BCUT2D eigenvalue weighted by Crippen LogP contribution is 2.33. The summed E-state index contributed by atoms with van der Waals surface area (Å²) in [4.78, 5) is 46.3. The molecule has 0 spiro atoms. The van der Waals surface area contributed by atoms with Gasteiger partial charge in [-0.25, -0.2) is 0 Å². The lowest BCUT2D eigenvalue weighted by molar-refractivity contribution is -0.137. The van der Waals surface area contributed by atoms with Crippen LogP contribution in [0.2, 0.25) is 0 Å². The number of hydrogen-bond donors (Lipinski definition) is 0. The predicted molar refractivity (Wildman–Crippen MR) is 111 cm³/mol. The summed E-state index contributed by atoms with van der Waals surface area (Å²) in [7, 11) is 0. The van der Waals surface area contributed by atoms with Crippen molar-refractivity contribution in [1.82, 2.24) is 14.8 Å². The van der Waals surface area contributed by atoms with Crippen molar-refractivity contribution in [3.05, 3.63) is 63.9 Å². The molecule has 2 aliphatic rings. The maximum atomic E-state index is 13.5. The van der Waals surface area contributed by atoms with E-state index in [1.165, 1.54) is 0 Å². The summed E-state index contributed by atoms with van der Waals surface area (Å²) < 4.78 is 0.725. The predicted octanol–water partition coefficient (Wildman–Crippen LogP) is 3.97. The van der Waals surface area contributed by atoms with Crippen molar-refractivity contribution in [3.8, 4) is 0 Å². The van der Waals surface area contributed by atoms with Gasteiger partial charge in [-0.1, -0.05) is 28.8 Å². The summed E-state index contributed by atoms with van der Waals surface area (Å²) >= 11 is 3.34. The minimum Gasteiger partial charge on any atom is -0.334 e. The third-order valence-corrected chi connectivity index (χ3v) is 6.24. The third-order valence-electron chi connectivity index (χ3n) is 5.75. The molecule has 2 unspecified atom stereocenters. The highest BCUT2D eigenvalue weighted by atomic mass is 79.9. The first-order valence-electron chi connectivity index (χ1n) is 9.87. The van der Waals surface area contributed by atoms with E-state index >= 15 is 0 Å². The number of amides is 3. The van der Waals surface area contributed by atoms with E-state index in [0.29, 0.717) is 17.7 Å². The molecular weight excluding hydrogens is 434 g/mol. The Morgan fingerprint density at radius 3 is 2.55 bits per heavy atom. The number of likely N-dealkylation sites (tertiary alicyclic amines) is 1. The summed E-state index contributed by atoms with van der Waals surface area (Å²) in [5, 5.41) is 0. The van der Waals surface area contributed by atoms with Crippen LogP contribution >= 0.6 is 15.9 Å². The van der Waals surface area contributed by atoms with Gasteiger partial charge in [-0.15, -0.1) is 0 Å². The molecule has 0 bridgehead atoms. The molecule has 3 amide bonds. The fraction of sp³-hybridized carbons (Fsp3) is 0.364. The third kappa shape index (κ3) is 3.59. The van der Waals surface area contributed by atoms with E-state index in [4.69, 9.17) is 0 Å². The monoisotopic (exact) mass is 455 g/mol. The van der Waals surface area contributed by atoms with Crippen LogP contribution in [0.1, 0.15) is 64.9 Å². The SMILES string of the molecule is CC(C(=O)N1CCCCCC1c1ccncc1)N1C(=O)c2ccc(Br)cc2C1=O. The van der Waals surface area contributed by atoms with Gasteiger partial charge in [-0.3, -0.25) is 24.3 Å². The molecule has 2 atom stereocenters. The summed E-state index contributed by atoms with van der Waals surface area (Å²) in [6.07, 6.45) is 7.32. The van der Waals surface area contributed by atoms with Crippen LogP contribution in [0.3, 0.4) is 0 Å². The first-order chi connectivity index (χ1) is 14.0. The normalized spacial score (nSPS) is 20.4. The Labute approximate surface area is 178 Å². The zero-order valence-corrected chi connectivity index (χ0v) is 17.8. The van der Waals surface area contributed by atoms with E-state index in [9.17, 15) is 14.4 Å². The molecule has 0 aliphatic carbocycles. The number of benzene rings is 1. The van der Waals surface area contributed by atoms with Crippen LogP contribution in [0.15, 0.2) is 47.2 Å². The van der Waals surface area contributed by atoms with Gasteiger partial charge in [-0.2, -0.15) is 0 Å². The second-order valence-electron chi connectivity index (χ2n) is 7.52. The van der Waals surface area contributed by atoms with Crippen molar-refractivity contribution >= 4 is 33.7 Å². The van der Waals surface area contributed by atoms with Crippen molar-refractivity contribution in [1.29, 1.82) is 0 Å². The Hall–Kier alpha value is -2.54. The molecular formula is C22H22BrN3O3. The van der Waals surface area contributed by atoms with Gasteiger partial charge in [0.2, 0.25) is 5.91 Å². The molecule has 0 saturated carbocycles. The smallest absolute Gasteiger partial charge is 0.262 e. The summed E-state index contributed by atoms with van der Waals surface area (Å²) in [5.41, 5.74) is 1.72. The topological polar surface area (TPSA) is 70.6 Å². The lowest BCUT2D eigenvalue weighted by Gasteiger charge is -2.34. The zero-order valence-electron chi connectivity index (χ0n) is 16.2. The molecule has 7 heteroatoms. The zero-order chi connectivity index (χ0) is 20.5. The molecule has 29 heavy (non-hydrogen) atoms. The summed E-state index contributed by atoms with van der Waals surface area (Å²) in [6.45, 7) is 2.26. The Morgan fingerprint density at radius 1 is 1.07 bits per heavy atom. The first kappa shape index (κ1) is 19.8. The number of halogens is 1. The Morgan fingerprint density at radius 2 is 1.79 bits per heavy atom. The molecule has 1 aromatic carbocycles. The molecule has 0 radical (unpaired) electrons. The number of carbonyl (C=O) groups excluding carboxylic acids is 3. The molecule has 2 aliphatic heterocycles. The Bertz CT molecular complexity index is 963. The van der Waals surface area contributed by atoms with Crippen LogP contribution in [0.4, 0.5) is 0 Å². The second-order valence-corrected chi connectivity index (χ2v) is 8.44. The van der Waals surface area contributed by atoms with Crippen LogP contribution in [-0.2, 0) is 4.79 Å². The number of imide groups is 1. The van der Waals surface area contributed by atoms with E-state index in [1.54, 1.807) is 37.5 Å². The number of carbonyl (C=O) groups is 3. The lowest BCUT2D eigenvalue weighted by atomic mass is 10.0. The van der Waals surface area contributed by atoms with E-state index < -0.39 is 17.9 Å². The summed E-state index contributed by atoms with van der Waals surface area (Å²) in [5.74, 6) is -1.02. The van der Waals surface area contributed by atoms with E-state index in [-0.39, 0.29) is 11.9 Å². The molecule has 6 nitrogen and oxygen atoms in total. The average molecular weight is 456 g/mol. The van der Waals surface area contributed by atoms with Gasteiger partial charge in [0.25, 0.3) is 11.8 Å². The van der Waals surface area contributed by atoms with Gasteiger partial charge in [0.05, 0.1) is 17.2 Å². The number of rotatable bonds is 3. The highest BCUT2D eigenvalue weighted by Gasteiger charge is 2.43. The summed E-state index contributed by atoms with van der Waals surface area (Å²) in [6, 6.07) is 7.93. The number of pyridine rings is 1. The largest absolute Gasteiger partial charge is 0.334 e. The van der Waals surface area contributed by atoms with E-state index in [2.05, 4.69) is 20.9 Å². The van der Waals surface area contributed by atoms with Crippen molar-refractivity contribution in [3.63, 3.8) is 0 Å². The standard InChI is InChI=1S/C22H22BrN3O3/c1-14(26-21(28)17-7-6-16(23)13-18(17)22(26)29)20(27)25-12-4-2-3-5-19(25)15-8-10-24-11-9-15/h6-11,13-14,19H,2-5,12H2,1H3. The van der Waals surface area contributed by atoms with Crippen LogP contribution in [0, 0.1) is 0 Å². The quantitative estimate of drug-likeness (QED) is 0.656. The molecule has 1 aromatic heterocycles. The molecule has 0 N–H and O–H groups in total. The molecule has 3 heterocycles. The number of nitrogens with zero attached hydrogens (tertiary/aromatic N) is 3. The fourth-order valence-corrected chi connectivity index (χ4v) is 4.60. The van der Waals surface area contributed by atoms with Crippen molar-refractivity contribution in [2.24, 2.45) is 0 Å². The van der Waals surface area contributed by atoms with Gasteiger partial charge >= 0.3 is 0 Å². The van der Waals surface area contributed by atoms with Crippen molar-refractivity contribution in [2.45, 2.75) is 44.7 Å². The minimum atomic E-state index is -0.858.